The summed E-state index contributed by atoms with van der Waals surface area (Å²) in [5.74, 6) is 0.152. The molecule has 27 heavy (non-hydrogen) atoms. The molecule has 4 heteroatoms. The molecular weight excluding hydrogens is 334 g/mol. The summed E-state index contributed by atoms with van der Waals surface area (Å²) in [6.07, 6.45) is 2.93. The summed E-state index contributed by atoms with van der Waals surface area (Å²) < 4.78 is 0. The van der Waals surface area contributed by atoms with Crippen LogP contribution >= 0.6 is 0 Å². The van der Waals surface area contributed by atoms with Crippen molar-refractivity contribution in [2.24, 2.45) is 0 Å². The standard InChI is InChI=1S/C23H27N3O/c1-17-20(19-10-4-5-11-21(19)24-17)15-23(27)25(2)16-18-9-3-6-12-22(18)26-13-7-8-14-26/h3-6,9-12,24H,7-8,13-16H2,1-2H3. The van der Waals surface area contributed by atoms with Crippen LogP contribution in [0.15, 0.2) is 48.5 Å². The number of likely N-dealkylation sites (N-methyl/N-ethyl adjacent to an activating group) is 1. The summed E-state index contributed by atoms with van der Waals surface area (Å²) in [6.45, 7) is 4.92. The Balaban J connectivity index is 1.51. The van der Waals surface area contributed by atoms with Gasteiger partial charge in [0.15, 0.2) is 0 Å². The van der Waals surface area contributed by atoms with Gasteiger partial charge in [-0.25, -0.2) is 0 Å². The van der Waals surface area contributed by atoms with Crippen molar-refractivity contribution in [1.29, 1.82) is 0 Å². The summed E-state index contributed by atoms with van der Waals surface area (Å²) in [6, 6.07) is 16.7. The van der Waals surface area contributed by atoms with E-state index in [0.29, 0.717) is 13.0 Å². The average molecular weight is 361 g/mol. The Labute approximate surface area is 160 Å². The molecule has 3 aromatic rings. The second-order valence-corrected chi connectivity index (χ2v) is 7.52. The average Bonchev–Trinajstić information content (AvgIpc) is 3.31. The third-order valence-corrected chi connectivity index (χ3v) is 5.63. The number of anilines is 1. The van der Waals surface area contributed by atoms with Crippen molar-refractivity contribution in [3.8, 4) is 0 Å². The highest BCUT2D eigenvalue weighted by Crippen LogP contribution is 2.26. The molecule has 0 radical (unpaired) electrons. The Morgan fingerprint density at radius 1 is 1.07 bits per heavy atom. The van der Waals surface area contributed by atoms with Gasteiger partial charge in [0.25, 0.3) is 0 Å². The number of hydrogen-bond acceptors (Lipinski definition) is 2. The minimum absolute atomic E-state index is 0.152. The number of fused-ring (bicyclic) bond motifs is 1. The van der Waals surface area contributed by atoms with Gasteiger partial charge in [-0.3, -0.25) is 4.79 Å². The van der Waals surface area contributed by atoms with Gasteiger partial charge in [-0.15, -0.1) is 0 Å². The number of rotatable bonds is 5. The van der Waals surface area contributed by atoms with Crippen molar-refractivity contribution in [1.82, 2.24) is 9.88 Å². The Bertz CT molecular complexity index is 953. The number of nitrogens with one attached hydrogen (secondary N) is 1. The summed E-state index contributed by atoms with van der Waals surface area (Å²) in [5.41, 5.74) is 5.79. The van der Waals surface area contributed by atoms with E-state index in [1.807, 2.05) is 31.0 Å². The van der Waals surface area contributed by atoms with E-state index < -0.39 is 0 Å². The minimum atomic E-state index is 0.152. The van der Waals surface area contributed by atoms with Gasteiger partial charge < -0.3 is 14.8 Å². The van der Waals surface area contributed by atoms with E-state index in [1.54, 1.807) is 0 Å². The molecule has 0 atom stereocenters. The number of carbonyl (C=O) groups is 1. The third kappa shape index (κ3) is 3.57. The van der Waals surface area contributed by atoms with Crippen LogP contribution in [0.4, 0.5) is 5.69 Å². The first-order valence-corrected chi connectivity index (χ1v) is 9.76. The maximum Gasteiger partial charge on any atom is 0.227 e. The van der Waals surface area contributed by atoms with Gasteiger partial charge in [0, 0.05) is 49.0 Å². The Morgan fingerprint density at radius 2 is 1.78 bits per heavy atom. The van der Waals surface area contributed by atoms with E-state index in [-0.39, 0.29) is 5.91 Å². The molecule has 1 aromatic heterocycles. The molecule has 0 bridgehead atoms. The van der Waals surface area contributed by atoms with Gasteiger partial charge in [-0.05, 0) is 43.0 Å². The number of carbonyl (C=O) groups excluding carboxylic acids is 1. The Hall–Kier alpha value is -2.75. The van der Waals surface area contributed by atoms with Crippen molar-refractivity contribution >= 4 is 22.5 Å². The zero-order valence-electron chi connectivity index (χ0n) is 16.2. The first kappa shape index (κ1) is 17.7. The maximum atomic E-state index is 12.9. The predicted octanol–water partition coefficient (Wildman–Crippen LogP) is 4.28. The van der Waals surface area contributed by atoms with Crippen molar-refractivity contribution in [3.05, 3.63) is 65.4 Å². The van der Waals surface area contributed by atoms with Gasteiger partial charge in [0.05, 0.1) is 6.42 Å². The molecule has 0 spiro atoms. The number of aryl methyl sites for hydroxylation is 1. The SMILES string of the molecule is Cc1[nH]c2ccccc2c1CC(=O)N(C)Cc1ccccc1N1CCCC1. The number of aromatic amines is 1. The lowest BCUT2D eigenvalue weighted by atomic mass is 10.1. The Kier molecular flexibility index (Phi) is 4.88. The molecule has 140 valence electrons. The minimum Gasteiger partial charge on any atom is -0.371 e. The zero-order chi connectivity index (χ0) is 18.8. The molecule has 0 unspecified atom stereocenters. The molecule has 4 rings (SSSR count). The smallest absolute Gasteiger partial charge is 0.227 e. The van der Waals surface area contributed by atoms with Gasteiger partial charge in [0.1, 0.15) is 0 Å². The van der Waals surface area contributed by atoms with Crippen LogP contribution < -0.4 is 4.90 Å². The van der Waals surface area contributed by atoms with E-state index in [4.69, 9.17) is 0 Å². The van der Waals surface area contributed by atoms with Gasteiger partial charge in [0.2, 0.25) is 5.91 Å². The summed E-state index contributed by atoms with van der Waals surface area (Å²) in [7, 11) is 1.91. The zero-order valence-corrected chi connectivity index (χ0v) is 16.2. The van der Waals surface area contributed by atoms with E-state index in [0.717, 1.165) is 35.2 Å². The lowest BCUT2D eigenvalue weighted by molar-refractivity contribution is -0.129. The largest absolute Gasteiger partial charge is 0.371 e. The fourth-order valence-corrected chi connectivity index (χ4v) is 4.10. The number of aromatic nitrogens is 1. The molecule has 1 N–H and O–H groups in total. The number of H-pyrrole nitrogens is 1. The fourth-order valence-electron chi connectivity index (χ4n) is 4.10. The van der Waals surface area contributed by atoms with Gasteiger partial charge in [-0.1, -0.05) is 36.4 Å². The quantitative estimate of drug-likeness (QED) is 0.737. The van der Waals surface area contributed by atoms with E-state index in [2.05, 4.69) is 46.3 Å². The van der Waals surface area contributed by atoms with Crippen LogP contribution in [-0.4, -0.2) is 35.9 Å². The molecule has 1 saturated heterocycles. The number of benzene rings is 2. The molecule has 1 aliphatic heterocycles. The van der Waals surface area contributed by atoms with Gasteiger partial charge >= 0.3 is 0 Å². The van der Waals surface area contributed by atoms with Crippen LogP contribution in [0.3, 0.4) is 0 Å². The molecule has 2 heterocycles. The molecule has 0 aliphatic carbocycles. The molecule has 1 aliphatic rings. The predicted molar refractivity (Wildman–Crippen MR) is 111 cm³/mol. The molecule has 4 nitrogen and oxygen atoms in total. The highest BCUT2D eigenvalue weighted by Gasteiger charge is 2.19. The first-order valence-electron chi connectivity index (χ1n) is 9.76. The van der Waals surface area contributed by atoms with Crippen LogP contribution in [0.5, 0.6) is 0 Å². The van der Waals surface area contributed by atoms with Crippen molar-refractivity contribution < 1.29 is 4.79 Å². The normalized spacial score (nSPS) is 14.1. The fraction of sp³-hybridized carbons (Fsp3) is 0.348. The second kappa shape index (κ2) is 7.47. The van der Waals surface area contributed by atoms with Crippen LogP contribution in [0.1, 0.15) is 29.7 Å². The maximum absolute atomic E-state index is 12.9. The number of amides is 1. The van der Waals surface area contributed by atoms with Crippen molar-refractivity contribution in [2.75, 3.05) is 25.0 Å². The lowest BCUT2D eigenvalue weighted by Crippen LogP contribution is -2.29. The highest BCUT2D eigenvalue weighted by atomic mass is 16.2. The molecule has 1 fully saturated rings. The molecule has 2 aromatic carbocycles. The van der Waals surface area contributed by atoms with Crippen LogP contribution in [-0.2, 0) is 17.8 Å². The van der Waals surface area contributed by atoms with E-state index in [9.17, 15) is 4.79 Å². The lowest BCUT2D eigenvalue weighted by Gasteiger charge is -2.24. The first-order chi connectivity index (χ1) is 13.1. The van der Waals surface area contributed by atoms with Crippen molar-refractivity contribution in [2.45, 2.75) is 32.7 Å². The van der Waals surface area contributed by atoms with Gasteiger partial charge in [-0.2, -0.15) is 0 Å². The van der Waals surface area contributed by atoms with Crippen LogP contribution in [0, 0.1) is 6.92 Å². The highest BCUT2D eigenvalue weighted by molar-refractivity contribution is 5.90. The van der Waals surface area contributed by atoms with Crippen LogP contribution in [0.25, 0.3) is 10.9 Å². The Morgan fingerprint density at radius 3 is 2.59 bits per heavy atom. The molecule has 0 saturated carbocycles. The molecular formula is C23H27N3O. The van der Waals surface area contributed by atoms with Crippen LogP contribution in [0.2, 0.25) is 0 Å². The van der Waals surface area contributed by atoms with Crippen molar-refractivity contribution in [3.63, 3.8) is 0 Å². The molecule has 1 amide bonds. The summed E-state index contributed by atoms with van der Waals surface area (Å²) >= 11 is 0. The summed E-state index contributed by atoms with van der Waals surface area (Å²) in [4.78, 5) is 20.6. The number of para-hydroxylation sites is 2. The second-order valence-electron chi connectivity index (χ2n) is 7.52. The van der Waals surface area contributed by atoms with E-state index >= 15 is 0 Å². The van der Waals surface area contributed by atoms with E-state index in [1.165, 1.54) is 24.1 Å². The monoisotopic (exact) mass is 361 g/mol. The summed E-state index contributed by atoms with van der Waals surface area (Å²) in [5, 5.41) is 1.15. The number of hydrogen-bond donors (Lipinski definition) is 1. The third-order valence-electron chi connectivity index (χ3n) is 5.63. The topological polar surface area (TPSA) is 39.3 Å². The number of nitrogens with zero attached hydrogens (tertiary/aromatic N) is 2.